The van der Waals surface area contributed by atoms with Gasteiger partial charge in [0, 0.05) is 0 Å². The Kier molecular flexibility index (Phi) is 9.83. The summed E-state index contributed by atoms with van der Waals surface area (Å²) in [6, 6.07) is 21.9. The first-order valence-electron chi connectivity index (χ1n) is 12.7. The van der Waals surface area contributed by atoms with E-state index in [4.69, 9.17) is 0 Å². The Morgan fingerprint density at radius 3 is 1.84 bits per heavy atom. The third-order valence-electron chi connectivity index (χ3n) is 6.79. The second-order valence-electron chi connectivity index (χ2n) is 9.34. The van der Waals surface area contributed by atoms with E-state index in [0.717, 1.165) is 19.3 Å². The summed E-state index contributed by atoms with van der Waals surface area (Å²) in [5.74, 6) is 0. The number of nitriles is 1. The van der Waals surface area contributed by atoms with E-state index in [1.165, 1.54) is 80.1 Å². The fourth-order valence-corrected chi connectivity index (χ4v) is 4.63. The van der Waals surface area contributed by atoms with Crippen LogP contribution < -0.4 is 0 Å². The van der Waals surface area contributed by atoms with Crippen LogP contribution in [0.15, 0.2) is 72.8 Å². The Balaban J connectivity index is 1.42. The molecular weight excluding hydrogens is 386 g/mol. The fourth-order valence-electron chi connectivity index (χ4n) is 4.63. The van der Waals surface area contributed by atoms with Crippen molar-refractivity contribution in [1.29, 1.82) is 5.26 Å². The number of unbranched alkanes of at least 4 members (excludes halogenated alkanes) is 9. The van der Waals surface area contributed by atoms with Crippen molar-refractivity contribution in [2.24, 2.45) is 5.41 Å². The number of hydrogen-bond acceptors (Lipinski definition) is 1. The highest BCUT2D eigenvalue weighted by Crippen LogP contribution is 2.37. The molecule has 0 saturated heterocycles. The van der Waals surface area contributed by atoms with Crippen LogP contribution in [0.5, 0.6) is 0 Å². The van der Waals surface area contributed by atoms with Crippen molar-refractivity contribution in [3.63, 3.8) is 0 Å². The van der Waals surface area contributed by atoms with Gasteiger partial charge >= 0.3 is 0 Å². The van der Waals surface area contributed by atoms with Gasteiger partial charge in [0.05, 0.1) is 11.5 Å². The van der Waals surface area contributed by atoms with Crippen molar-refractivity contribution >= 4 is 5.57 Å². The molecule has 0 spiro atoms. The molecule has 1 nitrogen and oxygen atoms in total. The topological polar surface area (TPSA) is 23.8 Å². The molecule has 0 fully saturated rings. The van der Waals surface area contributed by atoms with Gasteiger partial charge in [0.2, 0.25) is 0 Å². The summed E-state index contributed by atoms with van der Waals surface area (Å²) < 4.78 is 0. The van der Waals surface area contributed by atoms with Crippen LogP contribution in [-0.4, -0.2) is 0 Å². The molecule has 0 N–H and O–H groups in total. The number of hydrogen-bond donors (Lipinski definition) is 0. The quantitative estimate of drug-likeness (QED) is 0.293. The van der Waals surface area contributed by atoms with Crippen LogP contribution in [-0.2, 0) is 0 Å². The number of rotatable bonds is 13. The van der Waals surface area contributed by atoms with Crippen molar-refractivity contribution in [3.05, 3.63) is 78.4 Å². The van der Waals surface area contributed by atoms with Gasteiger partial charge in [0.1, 0.15) is 0 Å². The summed E-state index contributed by atoms with van der Waals surface area (Å²) in [7, 11) is 0. The predicted molar refractivity (Wildman–Crippen MR) is 138 cm³/mol. The highest BCUT2D eigenvalue weighted by Gasteiger charge is 2.27. The van der Waals surface area contributed by atoms with Gasteiger partial charge in [0.25, 0.3) is 0 Å². The van der Waals surface area contributed by atoms with Crippen LogP contribution in [0, 0.1) is 16.7 Å². The molecule has 1 heteroatoms. The second-order valence-corrected chi connectivity index (χ2v) is 9.34. The zero-order chi connectivity index (χ0) is 22.5. The summed E-state index contributed by atoms with van der Waals surface area (Å²) >= 11 is 0. The third kappa shape index (κ3) is 7.23. The summed E-state index contributed by atoms with van der Waals surface area (Å²) in [4.78, 5) is 0. The van der Waals surface area contributed by atoms with E-state index >= 15 is 0 Å². The maximum atomic E-state index is 9.87. The summed E-state index contributed by atoms with van der Waals surface area (Å²) in [5.41, 5.74) is 4.63. The summed E-state index contributed by atoms with van der Waals surface area (Å²) in [5, 5.41) is 9.87. The average Bonchev–Trinajstić information content (AvgIpc) is 2.86. The first-order chi connectivity index (χ1) is 15.8. The minimum Gasteiger partial charge on any atom is -0.197 e. The standard InChI is InChI=1S/C31H39N/c1-2-3-4-5-6-7-8-9-10-14-23-31(26-32)24-21-30(22-25-31)29-19-17-28(18-20-29)27-15-12-11-13-16-27/h11-13,15-22,24H,2-10,14,23,25H2,1H3. The molecular formula is C31H39N. The highest BCUT2D eigenvalue weighted by atomic mass is 14.4. The Morgan fingerprint density at radius 1 is 0.719 bits per heavy atom. The smallest absolute Gasteiger partial charge is 0.0791 e. The van der Waals surface area contributed by atoms with Gasteiger partial charge in [-0.15, -0.1) is 0 Å². The lowest BCUT2D eigenvalue weighted by Gasteiger charge is -2.25. The predicted octanol–water partition coefficient (Wildman–Crippen LogP) is 9.52. The van der Waals surface area contributed by atoms with Crippen molar-refractivity contribution in [2.45, 2.75) is 84.0 Å². The summed E-state index contributed by atoms with van der Waals surface area (Å²) in [6.45, 7) is 2.27. The number of allylic oxidation sites excluding steroid dienone is 4. The Morgan fingerprint density at radius 2 is 1.28 bits per heavy atom. The largest absolute Gasteiger partial charge is 0.197 e. The third-order valence-corrected chi connectivity index (χ3v) is 6.79. The first-order valence-corrected chi connectivity index (χ1v) is 12.7. The van der Waals surface area contributed by atoms with E-state index in [0.29, 0.717) is 0 Å². The minimum atomic E-state index is -0.312. The molecule has 2 aromatic rings. The first kappa shape index (κ1) is 24.1. The van der Waals surface area contributed by atoms with Crippen molar-refractivity contribution in [2.75, 3.05) is 0 Å². The van der Waals surface area contributed by atoms with E-state index in [-0.39, 0.29) is 5.41 Å². The van der Waals surface area contributed by atoms with E-state index < -0.39 is 0 Å². The van der Waals surface area contributed by atoms with E-state index in [9.17, 15) is 5.26 Å². The van der Waals surface area contributed by atoms with E-state index in [1.807, 2.05) is 6.07 Å². The normalized spacial score (nSPS) is 17.7. The minimum absolute atomic E-state index is 0.312. The lowest BCUT2D eigenvalue weighted by Crippen LogP contribution is -2.17. The van der Waals surface area contributed by atoms with E-state index in [2.05, 4.69) is 79.8 Å². The van der Waals surface area contributed by atoms with Gasteiger partial charge in [-0.25, -0.2) is 0 Å². The Bertz CT molecular complexity index is 898. The van der Waals surface area contributed by atoms with Crippen LogP contribution >= 0.6 is 0 Å². The molecule has 0 radical (unpaired) electrons. The van der Waals surface area contributed by atoms with Crippen molar-refractivity contribution in [1.82, 2.24) is 0 Å². The molecule has 1 atom stereocenters. The van der Waals surface area contributed by atoms with Gasteiger partial charge in [0.15, 0.2) is 0 Å². The van der Waals surface area contributed by atoms with Crippen LogP contribution in [0.4, 0.5) is 0 Å². The molecule has 2 aromatic carbocycles. The van der Waals surface area contributed by atoms with Gasteiger partial charge < -0.3 is 0 Å². The molecule has 32 heavy (non-hydrogen) atoms. The summed E-state index contributed by atoms with van der Waals surface area (Å²) in [6.07, 6.45) is 21.8. The molecule has 0 aromatic heterocycles. The van der Waals surface area contributed by atoms with Gasteiger partial charge in [-0.05, 0) is 35.1 Å². The van der Waals surface area contributed by atoms with Gasteiger partial charge in [-0.2, -0.15) is 5.26 Å². The van der Waals surface area contributed by atoms with Crippen LogP contribution in [0.3, 0.4) is 0 Å². The molecule has 1 aliphatic rings. The molecule has 0 saturated carbocycles. The molecule has 1 unspecified atom stereocenters. The lowest BCUT2D eigenvalue weighted by molar-refractivity contribution is 0.431. The van der Waals surface area contributed by atoms with Crippen LogP contribution in [0.2, 0.25) is 0 Å². The van der Waals surface area contributed by atoms with Crippen LogP contribution in [0.25, 0.3) is 16.7 Å². The number of nitrogens with zero attached hydrogens (tertiary/aromatic N) is 1. The Hall–Kier alpha value is -2.59. The SMILES string of the molecule is CCCCCCCCCCCCC1(C#N)C=CC(c2ccc(-c3ccccc3)cc2)=CC1. The Labute approximate surface area is 195 Å². The maximum Gasteiger partial charge on any atom is 0.0791 e. The van der Waals surface area contributed by atoms with Gasteiger partial charge in [-0.1, -0.05) is 144 Å². The molecule has 0 aliphatic heterocycles. The maximum absolute atomic E-state index is 9.87. The molecule has 0 bridgehead atoms. The molecule has 0 heterocycles. The second kappa shape index (κ2) is 13.1. The fraction of sp³-hybridized carbons (Fsp3) is 0.452. The van der Waals surface area contributed by atoms with Gasteiger partial charge in [-0.3, -0.25) is 0 Å². The molecule has 1 aliphatic carbocycles. The van der Waals surface area contributed by atoms with Crippen molar-refractivity contribution < 1.29 is 0 Å². The van der Waals surface area contributed by atoms with E-state index in [1.54, 1.807) is 0 Å². The van der Waals surface area contributed by atoms with Crippen LogP contribution in [0.1, 0.15) is 89.5 Å². The molecule has 168 valence electrons. The molecule has 3 rings (SSSR count). The monoisotopic (exact) mass is 425 g/mol. The number of benzene rings is 2. The van der Waals surface area contributed by atoms with Crippen molar-refractivity contribution in [3.8, 4) is 17.2 Å². The zero-order valence-electron chi connectivity index (χ0n) is 19.9. The lowest BCUT2D eigenvalue weighted by atomic mass is 9.76. The molecule has 0 amide bonds. The average molecular weight is 426 g/mol. The highest BCUT2D eigenvalue weighted by molar-refractivity contribution is 5.77. The zero-order valence-corrected chi connectivity index (χ0v) is 19.9.